The minimum Gasteiger partial charge on any atom is -0.481 e. The third-order valence-corrected chi connectivity index (χ3v) is 5.31. The van der Waals surface area contributed by atoms with Gasteiger partial charge in [-0.25, -0.2) is 9.19 Å². The predicted octanol–water partition coefficient (Wildman–Crippen LogP) is 3.67. The number of anilines is 2. The van der Waals surface area contributed by atoms with Crippen LogP contribution in [0.15, 0.2) is 41.8 Å². The van der Waals surface area contributed by atoms with Crippen molar-refractivity contribution >= 4 is 39.9 Å². The van der Waals surface area contributed by atoms with Crippen LogP contribution in [0.2, 0.25) is 0 Å². The van der Waals surface area contributed by atoms with E-state index >= 15 is 0 Å². The molecule has 7 nitrogen and oxygen atoms in total. The van der Waals surface area contributed by atoms with E-state index in [4.69, 9.17) is 9.29 Å². The van der Waals surface area contributed by atoms with Crippen molar-refractivity contribution in [2.24, 2.45) is 0 Å². The predicted molar refractivity (Wildman–Crippen MR) is 106 cm³/mol. The molecule has 4 rings (SSSR count). The van der Waals surface area contributed by atoms with Gasteiger partial charge in [0.05, 0.1) is 11.4 Å². The lowest BCUT2D eigenvalue weighted by Crippen LogP contribution is -2.25. The normalized spacial score (nSPS) is 14.1. The molecule has 1 unspecified atom stereocenters. The third-order valence-electron chi connectivity index (χ3n) is 4.01. The van der Waals surface area contributed by atoms with Gasteiger partial charge in [0.2, 0.25) is 0 Å². The number of fused-ring (bicyclic) bond motifs is 1. The molecule has 1 aromatic heterocycles. The average molecular weight is 401 g/mol. The van der Waals surface area contributed by atoms with Crippen molar-refractivity contribution in [2.45, 2.75) is 6.92 Å². The summed E-state index contributed by atoms with van der Waals surface area (Å²) in [5.74, 6) is 0.508. The van der Waals surface area contributed by atoms with Crippen LogP contribution in [0.25, 0.3) is 21.8 Å². The quantitative estimate of drug-likeness (QED) is 0.579. The number of aromatic nitrogens is 1. The Kier molecular flexibility index (Phi) is 4.65. The first-order valence-corrected chi connectivity index (χ1v) is 9.99. The van der Waals surface area contributed by atoms with E-state index in [-0.39, 0.29) is 12.5 Å². The highest BCUT2D eigenvalue weighted by atomic mass is 32.2. The Labute approximate surface area is 161 Å². The zero-order chi connectivity index (χ0) is 19.0. The largest absolute Gasteiger partial charge is 0.481 e. The zero-order valence-electron chi connectivity index (χ0n) is 14.2. The topological polar surface area (TPSA) is 101 Å². The summed E-state index contributed by atoms with van der Waals surface area (Å²) in [6.07, 6.45) is 0. The second kappa shape index (κ2) is 7.10. The van der Waals surface area contributed by atoms with Gasteiger partial charge in [0.15, 0.2) is 6.61 Å². The molecular weight excluding hydrogens is 386 g/mol. The first-order chi connectivity index (χ1) is 13.0. The molecule has 0 saturated carbocycles. The molecule has 0 spiro atoms. The lowest BCUT2D eigenvalue weighted by Gasteiger charge is -2.20. The number of benzene rings is 2. The Morgan fingerprint density at radius 1 is 1.30 bits per heavy atom. The Balaban J connectivity index is 1.67. The SMILES string of the molecule is Cc1cc(-c2csc(-c3cccc(NS(=O)O)c3)n2)cc2c1OCC(=O)N2. The van der Waals surface area contributed by atoms with Gasteiger partial charge in [0.1, 0.15) is 10.8 Å². The van der Waals surface area contributed by atoms with Gasteiger partial charge in [0, 0.05) is 22.2 Å². The molecule has 1 aliphatic heterocycles. The first kappa shape index (κ1) is 17.7. The monoisotopic (exact) mass is 401 g/mol. The molecule has 27 heavy (non-hydrogen) atoms. The van der Waals surface area contributed by atoms with Crippen molar-refractivity contribution in [3.8, 4) is 27.6 Å². The van der Waals surface area contributed by atoms with E-state index in [1.165, 1.54) is 11.3 Å². The molecule has 1 atom stereocenters. The third kappa shape index (κ3) is 3.70. The van der Waals surface area contributed by atoms with Crippen molar-refractivity contribution in [3.63, 3.8) is 0 Å². The number of hydrogen-bond acceptors (Lipinski definition) is 5. The number of nitrogens with zero attached hydrogens (tertiary/aromatic N) is 1. The van der Waals surface area contributed by atoms with Gasteiger partial charge < -0.3 is 10.1 Å². The van der Waals surface area contributed by atoms with Gasteiger partial charge in [0.25, 0.3) is 17.2 Å². The fourth-order valence-corrected chi connectivity index (χ4v) is 4.04. The summed E-state index contributed by atoms with van der Waals surface area (Å²) in [4.78, 5) is 16.3. The molecule has 3 N–H and O–H groups in total. The van der Waals surface area contributed by atoms with Crippen LogP contribution in [0, 0.1) is 6.92 Å². The zero-order valence-corrected chi connectivity index (χ0v) is 15.8. The van der Waals surface area contributed by atoms with E-state index in [0.29, 0.717) is 17.1 Å². The van der Waals surface area contributed by atoms with Gasteiger partial charge in [-0.1, -0.05) is 12.1 Å². The van der Waals surface area contributed by atoms with Crippen LogP contribution in [0.1, 0.15) is 5.56 Å². The van der Waals surface area contributed by atoms with E-state index in [1.807, 2.05) is 30.5 Å². The van der Waals surface area contributed by atoms with Crippen LogP contribution in [0.5, 0.6) is 5.75 Å². The number of hydrogen-bond donors (Lipinski definition) is 3. The molecule has 0 fully saturated rings. The van der Waals surface area contributed by atoms with Crippen molar-refractivity contribution in [3.05, 3.63) is 47.3 Å². The van der Waals surface area contributed by atoms with E-state index < -0.39 is 11.3 Å². The summed E-state index contributed by atoms with van der Waals surface area (Å²) in [7, 11) is 0. The van der Waals surface area contributed by atoms with E-state index in [1.54, 1.807) is 18.2 Å². The Hall–Kier alpha value is -2.75. The first-order valence-electron chi connectivity index (χ1n) is 8.01. The fraction of sp³-hybridized carbons (Fsp3) is 0.111. The minimum absolute atomic E-state index is 0.0248. The maximum Gasteiger partial charge on any atom is 0.262 e. The summed E-state index contributed by atoms with van der Waals surface area (Å²) in [6.45, 7) is 1.95. The Bertz CT molecular complexity index is 1060. The van der Waals surface area contributed by atoms with E-state index in [2.05, 4.69) is 15.0 Å². The van der Waals surface area contributed by atoms with Crippen LogP contribution in [-0.4, -0.2) is 26.3 Å². The van der Waals surface area contributed by atoms with Gasteiger partial charge in [-0.05, 0) is 36.8 Å². The standard InChI is InChI=1S/C18H15N3O4S2/c1-10-5-12(7-14-17(10)25-8-16(22)19-14)15-9-26-18(20-15)11-3-2-4-13(6-11)21-27(23)24/h2-7,9,21H,8H2,1H3,(H,19,22)(H,23,24). The summed E-state index contributed by atoms with van der Waals surface area (Å²) < 4.78 is 27.8. The van der Waals surface area contributed by atoms with Gasteiger partial charge in [-0.3, -0.25) is 14.1 Å². The number of nitrogens with one attached hydrogen (secondary N) is 2. The highest BCUT2D eigenvalue weighted by Gasteiger charge is 2.20. The molecule has 138 valence electrons. The highest BCUT2D eigenvalue weighted by Crippen LogP contribution is 2.37. The van der Waals surface area contributed by atoms with Crippen LogP contribution in [0.4, 0.5) is 11.4 Å². The maximum absolute atomic E-state index is 11.6. The number of carbonyl (C=O) groups excluding carboxylic acids is 1. The number of thiazole rings is 1. The van der Waals surface area contributed by atoms with Gasteiger partial charge >= 0.3 is 0 Å². The fourth-order valence-electron chi connectivity index (χ4n) is 2.89. The molecule has 0 aliphatic carbocycles. The van der Waals surface area contributed by atoms with Crippen molar-refractivity contribution < 1.29 is 18.3 Å². The van der Waals surface area contributed by atoms with Crippen LogP contribution in [0.3, 0.4) is 0 Å². The van der Waals surface area contributed by atoms with Crippen molar-refractivity contribution in [1.29, 1.82) is 0 Å². The summed E-state index contributed by atoms with van der Waals surface area (Å²) >= 11 is -0.653. The van der Waals surface area contributed by atoms with Crippen LogP contribution >= 0.6 is 11.3 Å². The highest BCUT2D eigenvalue weighted by molar-refractivity contribution is 7.80. The number of carbonyl (C=O) groups is 1. The molecule has 9 heteroatoms. The van der Waals surface area contributed by atoms with Crippen molar-refractivity contribution in [1.82, 2.24) is 4.98 Å². The Morgan fingerprint density at radius 2 is 2.15 bits per heavy atom. The molecule has 2 heterocycles. The smallest absolute Gasteiger partial charge is 0.262 e. The summed E-state index contributed by atoms with van der Waals surface area (Å²) in [5.41, 5.74) is 4.61. The summed E-state index contributed by atoms with van der Waals surface area (Å²) in [6, 6.07) is 11.0. The molecular formula is C18H15N3O4S2. The maximum atomic E-state index is 11.6. The average Bonchev–Trinajstić information content (AvgIpc) is 3.11. The number of rotatable bonds is 4. The lowest BCUT2D eigenvalue weighted by atomic mass is 10.1. The van der Waals surface area contributed by atoms with Gasteiger partial charge in [-0.15, -0.1) is 11.3 Å². The second-order valence-corrected chi connectivity index (χ2v) is 7.54. The molecule has 3 aromatic rings. The Morgan fingerprint density at radius 3 is 2.96 bits per heavy atom. The molecule has 2 aromatic carbocycles. The molecule has 1 amide bonds. The number of amides is 1. The summed E-state index contributed by atoms with van der Waals surface area (Å²) in [5, 5.41) is 5.55. The minimum atomic E-state index is -2.13. The van der Waals surface area contributed by atoms with Crippen LogP contribution in [-0.2, 0) is 16.1 Å². The lowest BCUT2D eigenvalue weighted by molar-refractivity contribution is -0.118. The number of aryl methyl sites for hydroxylation is 1. The molecule has 0 saturated heterocycles. The molecule has 0 bridgehead atoms. The molecule has 0 radical (unpaired) electrons. The van der Waals surface area contributed by atoms with Crippen molar-refractivity contribution in [2.75, 3.05) is 16.6 Å². The van der Waals surface area contributed by atoms with E-state index in [0.717, 1.165) is 27.4 Å². The molecule has 1 aliphatic rings. The van der Waals surface area contributed by atoms with Crippen LogP contribution < -0.4 is 14.8 Å². The second-order valence-electron chi connectivity index (χ2n) is 5.98. The van der Waals surface area contributed by atoms with E-state index in [9.17, 15) is 9.00 Å². The van der Waals surface area contributed by atoms with Gasteiger partial charge in [-0.2, -0.15) is 0 Å². The number of ether oxygens (including phenoxy) is 1.